The number of benzene rings is 2. The first-order chi connectivity index (χ1) is 13.3. The number of carbonyl (C=O) groups is 2. The maximum Gasteiger partial charge on any atom is 0.326 e. The molecule has 0 aliphatic carbocycles. The summed E-state index contributed by atoms with van der Waals surface area (Å²) in [6.45, 7) is 1.41. The van der Waals surface area contributed by atoms with E-state index in [4.69, 9.17) is 4.74 Å². The van der Waals surface area contributed by atoms with E-state index in [2.05, 4.69) is 4.40 Å². The summed E-state index contributed by atoms with van der Waals surface area (Å²) >= 11 is 0. The molecule has 146 valence electrons. The minimum Gasteiger partial charge on any atom is -0.456 e. The van der Waals surface area contributed by atoms with Gasteiger partial charge < -0.3 is 9.64 Å². The molecule has 1 aliphatic heterocycles. The number of sulfonamides is 1. The molecular formula is C20H20N2O5S. The number of likely N-dealkylation sites (N-methyl/N-ethyl adjacent to an activating group) is 1. The molecule has 8 heteroatoms. The highest BCUT2D eigenvalue weighted by Crippen LogP contribution is 2.26. The number of esters is 1. The Morgan fingerprint density at radius 3 is 2.43 bits per heavy atom. The molecule has 0 unspecified atom stereocenters. The minimum absolute atomic E-state index is 0.107. The van der Waals surface area contributed by atoms with Gasteiger partial charge in [0.15, 0.2) is 18.2 Å². The van der Waals surface area contributed by atoms with Crippen molar-refractivity contribution in [2.45, 2.75) is 18.2 Å². The number of Topliss-reactive ketones (excluding diaryl/α,β-unsaturated/α-hetero) is 1. The van der Waals surface area contributed by atoms with Gasteiger partial charge in [-0.3, -0.25) is 9.59 Å². The molecule has 3 rings (SSSR count). The molecule has 28 heavy (non-hydrogen) atoms. The number of ketones is 1. The quantitative estimate of drug-likeness (QED) is 0.544. The Balaban J connectivity index is 1.60. The summed E-state index contributed by atoms with van der Waals surface area (Å²) in [4.78, 5) is 25.7. The lowest BCUT2D eigenvalue weighted by atomic mass is 10.1. The fraction of sp³-hybridized carbons (Fsp3) is 0.250. The summed E-state index contributed by atoms with van der Waals surface area (Å²) in [5.41, 5.74) is 2.02. The Labute approximate surface area is 163 Å². The average Bonchev–Trinajstić information content (AvgIpc) is 2.98. The smallest absolute Gasteiger partial charge is 0.326 e. The van der Waals surface area contributed by atoms with E-state index in [1.165, 1.54) is 11.0 Å². The Kier molecular flexibility index (Phi) is 5.60. The second-order valence-electron chi connectivity index (χ2n) is 6.38. The van der Waals surface area contributed by atoms with Gasteiger partial charge >= 0.3 is 5.97 Å². The molecule has 0 saturated heterocycles. The summed E-state index contributed by atoms with van der Waals surface area (Å²) in [6.07, 6.45) is 0.874. The van der Waals surface area contributed by atoms with Gasteiger partial charge in [-0.15, -0.1) is 4.40 Å². The lowest BCUT2D eigenvalue weighted by Gasteiger charge is -2.17. The third-order valence-corrected chi connectivity index (χ3v) is 5.71. The van der Waals surface area contributed by atoms with Crippen molar-refractivity contribution < 1.29 is 22.7 Å². The van der Waals surface area contributed by atoms with E-state index in [0.29, 0.717) is 11.1 Å². The van der Waals surface area contributed by atoms with Crippen LogP contribution in [0.3, 0.4) is 0 Å². The molecule has 0 spiro atoms. The number of carbonyl (C=O) groups excluding carboxylic acids is 2. The van der Waals surface area contributed by atoms with E-state index in [0.717, 1.165) is 12.0 Å². The Morgan fingerprint density at radius 1 is 1.07 bits per heavy atom. The van der Waals surface area contributed by atoms with Gasteiger partial charge in [0, 0.05) is 18.2 Å². The Bertz CT molecular complexity index is 1040. The van der Waals surface area contributed by atoms with Crippen LogP contribution in [-0.2, 0) is 26.0 Å². The number of nitrogens with zero attached hydrogens (tertiary/aromatic N) is 2. The number of fused-ring (bicyclic) bond motifs is 1. The predicted molar refractivity (Wildman–Crippen MR) is 104 cm³/mol. The Hall–Kier alpha value is -3.00. The molecule has 0 bridgehead atoms. The van der Waals surface area contributed by atoms with E-state index in [9.17, 15) is 18.0 Å². The van der Waals surface area contributed by atoms with E-state index in [1.807, 2.05) is 19.1 Å². The van der Waals surface area contributed by atoms with Crippen LogP contribution in [0, 0.1) is 0 Å². The van der Waals surface area contributed by atoms with Crippen LogP contribution in [0.25, 0.3) is 0 Å². The zero-order chi connectivity index (χ0) is 20.3. The largest absolute Gasteiger partial charge is 0.456 e. The van der Waals surface area contributed by atoms with Gasteiger partial charge in [0.1, 0.15) is 11.4 Å². The first-order valence-corrected chi connectivity index (χ1v) is 10.2. The van der Waals surface area contributed by atoms with Crippen molar-refractivity contribution in [1.29, 1.82) is 0 Å². The first-order valence-electron chi connectivity index (χ1n) is 8.75. The molecule has 0 atom stereocenters. The highest BCUT2D eigenvalue weighted by Gasteiger charge is 2.31. The van der Waals surface area contributed by atoms with Crippen molar-refractivity contribution in [3.63, 3.8) is 0 Å². The monoisotopic (exact) mass is 400 g/mol. The zero-order valence-electron chi connectivity index (χ0n) is 15.6. The lowest BCUT2D eigenvalue weighted by Crippen LogP contribution is -2.33. The van der Waals surface area contributed by atoms with Crippen molar-refractivity contribution >= 4 is 27.6 Å². The molecule has 2 aromatic rings. The third-order valence-electron chi connectivity index (χ3n) is 4.39. The third kappa shape index (κ3) is 4.12. The fourth-order valence-electron chi connectivity index (χ4n) is 2.83. The minimum atomic E-state index is -3.76. The molecular weight excluding hydrogens is 380 g/mol. The average molecular weight is 400 g/mol. The zero-order valence-corrected chi connectivity index (χ0v) is 16.4. The number of hydrogen-bond donors (Lipinski definition) is 0. The van der Waals surface area contributed by atoms with Crippen molar-refractivity contribution in [3.8, 4) is 0 Å². The van der Waals surface area contributed by atoms with Crippen LogP contribution in [0.5, 0.6) is 0 Å². The van der Waals surface area contributed by atoms with Crippen LogP contribution in [0.2, 0.25) is 0 Å². The van der Waals surface area contributed by atoms with Crippen LogP contribution in [0.15, 0.2) is 57.8 Å². The van der Waals surface area contributed by atoms with Crippen LogP contribution in [0.4, 0.5) is 0 Å². The summed E-state index contributed by atoms with van der Waals surface area (Å²) in [5, 5.41) is 0. The number of rotatable bonds is 6. The van der Waals surface area contributed by atoms with Crippen LogP contribution in [-0.4, -0.2) is 51.1 Å². The van der Waals surface area contributed by atoms with Crippen molar-refractivity contribution in [1.82, 2.24) is 4.90 Å². The van der Waals surface area contributed by atoms with Crippen molar-refractivity contribution in [3.05, 3.63) is 65.2 Å². The van der Waals surface area contributed by atoms with Gasteiger partial charge in [0.2, 0.25) is 0 Å². The van der Waals surface area contributed by atoms with E-state index < -0.39 is 16.0 Å². The number of aryl methyl sites for hydroxylation is 1. The SMILES string of the molecule is CCc1ccc(C(=O)COC(=O)CN(C)C2=NS(=O)(=O)c3ccccc32)cc1. The molecule has 1 heterocycles. The maximum atomic E-state index is 12.1. The van der Waals surface area contributed by atoms with Gasteiger partial charge in [-0.2, -0.15) is 8.42 Å². The molecule has 0 radical (unpaired) electrons. The van der Waals surface area contributed by atoms with Gasteiger partial charge in [0.25, 0.3) is 10.0 Å². The summed E-state index contributed by atoms with van der Waals surface area (Å²) < 4.78 is 33.0. The van der Waals surface area contributed by atoms with Crippen LogP contribution in [0.1, 0.15) is 28.4 Å². The van der Waals surface area contributed by atoms with Gasteiger partial charge in [-0.1, -0.05) is 43.3 Å². The van der Waals surface area contributed by atoms with Crippen molar-refractivity contribution in [2.75, 3.05) is 20.2 Å². The second kappa shape index (κ2) is 7.93. The van der Waals surface area contributed by atoms with E-state index in [1.54, 1.807) is 37.4 Å². The summed E-state index contributed by atoms with van der Waals surface area (Å²) in [5.74, 6) is -0.774. The van der Waals surface area contributed by atoms with E-state index >= 15 is 0 Å². The second-order valence-corrected chi connectivity index (χ2v) is 7.95. The molecule has 0 saturated carbocycles. The fourth-order valence-corrected chi connectivity index (χ4v) is 4.09. The highest BCUT2D eigenvalue weighted by atomic mass is 32.2. The summed E-state index contributed by atoms with van der Waals surface area (Å²) in [7, 11) is -2.22. The molecule has 7 nitrogen and oxygen atoms in total. The van der Waals surface area contributed by atoms with Crippen molar-refractivity contribution in [2.24, 2.45) is 4.40 Å². The van der Waals surface area contributed by atoms with E-state index in [-0.39, 0.29) is 29.7 Å². The Morgan fingerprint density at radius 2 is 1.75 bits per heavy atom. The molecule has 0 aromatic heterocycles. The van der Waals surface area contributed by atoms with Gasteiger partial charge in [0.05, 0.1) is 0 Å². The molecule has 2 aromatic carbocycles. The standard InChI is InChI=1S/C20H20N2O5S/c1-3-14-8-10-15(11-9-14)17(23)13-27-19(24)12-22(2)20-16-6-4-5-7-18(16)28(25,26)21-20/h4-11H,3,12-13H2,1-2H3. The number of amidine groups is 1. The van der Waals surface area contributed by atoms with Gasteiger partial charge in [-0.25, -0.2) is 0 Å². The molecule has 0 fully saturated rings. The van der Waals surface area contributed by atoms with Crippen LogP contribution < -0.4 is 0 Å². The molecule has 1 aliphatic rings. The highest BCUT2D eigenvalue weighted by molar-refractivity contribution is 7.90. The summed E-state index contributed by atoms with van der Waals surface area (Å²) in [6, 6.07) is 13.5. The normalized spacial score (nSPS) is 14.1. The first kappa shape index (κ1) is 19.8. The molecule has 0 N–H and O–H groups in total. The number of hydrogen-bond acceptors (Lipinski definition) is 6. The lowest BCUT2D eigenvalue weighted by molar-refractivity contribution is -0.142. The maximum absolute atomic E-state index is 12.1. The predicted octanol–water partition coefficient (Wildman–Crippen LogP) is 2.06. The van der Waals surface area contributed by atoms with Gasteiger partial charge in [-0.05, 0) is 24.1 Å². The topological polar surface area (TPSA) is 93.1 Å². The van der Waals surface area contributed by atoms with Crippen LogP contribution >= 0.6 is 0 Å². The molecule has 0 amide bonds. The number of ether oxygens (including phenoxy) is 1.